The van der Waals surface area contributed by atoms with Crippen LogP contribution in [0.3, 0.4) is 0 Å². The molecule has 23 heavy (non-hydrogen) atoms. The summed E-state index contributed by atoms with van der Waals surface area (Å²) in [7, 11) is -0.446. The molecule has 0 radical (unpaired) electrons. The van der Waals surface area contributed by atoms with Crippen molar-refractivity contribution in [1.29, 1.82) is 0 Å². The lowest BCUT2D eigenvalue weighted by Gasteiger charge is -2.18. The van der Waals surface area contributed by atoms with Crippen molar-refractivity contribution >= 4 is 62.4 Å². The zero-order valence-corrected chi connectivity index (χ0v) is 17.6. The number of hydrogen-bond donors (Lipinski definition) is 0. The summed E-state index contributed by atoms with van der Waals surface area (Å²) >= 11 is 5.52. The second-order valence-electron chi connectivity index (χ2n) is 4.86. The molecule has 0 spiro atoms. The molecule has 0 nitrogen and oxygen atoms in total. The number of alkyl halides is 2. The SMILES string of the molecule is CC(Br)I.c1ccc(P(c2ccccc2)c2ccccc2)cc1. The number of benzene rings is 3. The molecule has 0 N–H and O–H groups in total. The second kappa shape index (κ2) is 10.2. The Bertz CT molecular complexity index is 575. The molecule has 3 aromatic rings. The van der Waals surface area contributed by atoms with E-state index in [1.54, 1.807) is 0 Å². The number of halogens is 2. The molecular weight excluding hydrogens is 478 g/mol. The van der Waals surface area contributed by atoms with Gasteiger partial charge >= 0.3 is 0 Å². The minimum Gasteiger partial charge on any atom is -0.0778 e. The highest BCUT2D eigenvalue weighted by molar-refractivity contribution is 14.1. The highest BCUT2D eigenvalue weighted by Gasteiger charge is 2.14. The predicted molar refractivity (Wildman–Crippen MR) is 118 cm³/mol. The van der Waals surface area contributed by atoms with E-state index < -0.39 is 7.92 Å². The topological polar surface area (TPSA) is 0 Å². The molecule has 0 fully saturated rings. The standard InChI is InChI=1S/C18H15P.C2H4BrI/c1-4-10-16(11-5-1)19(17-12-6-2-7-13-17)18-14-8-3-9-15-18;1-2(3)4/h1-15H;2H,1H3. The van der Waals surface area contributed by atoms with Gasteiger partial charge in [0.05, 0.1) is 2.83 Å². The maximum atomic E-state index is 3.26. The van der Waals surface area contributed by atoms with Crippen molar-refractivity contribution in [3.05, 3.63) is 91.0 Å². The highest BCUT2D eigenvalue weighted by atomic mass is 127. The molecule has 1 atom stereocenters. The zero-order chi connectivity index (χ0) is 16.5. The number of rotatable bonds is 3. The van der Waals surface area contributed by atoms with Crippen molar-refractivity contribution in [2.24, 2.45) is 0 Å². The van der Waals surface area contributed by atoms with Gasteiger partial charge in [-0.15, -0.1) is 0 Å². The van der Waals surface area contributed by atoms with E-state index in [0.717, 1.165) is 0 Å². The Kier molecular flexibility index (Phi) is 8.28. The minimum atomic E-state index is -0.446. The molecule has 0 aliphatic carbocycles. The smallest absolute Gasteiger partial charge is 0.0634 e. The van der Waals surface area contributed by atoms with Crippen LogP contribution in [0.5, 0.6) is 0 Å². The molecule has 0 saturated heterocycles. The van der Waals surface area contributed by atoms with Crippen LogP contribution in [0.4, 0.5) is 0 Å². The highest BCUT2D eigenvalue weighted by Crippen LogP contribution is 2.32. The summed E-state index contributed by atoms with van der Waals surface area (Å²) in [4.78, 5) is 0. The Morgan fingerprint density at radius 1 is 0.652 bits per heavy atom. The van der Waals surface area contributed by atoms with Crippen molar-refractivity contribution < 1.29 is 0 Å². The molecule has 0 aliphatic heterocycles. The Labute approximate surface area is 162 Å². The average Bonchev–Trinajstić information content (AvgIpc) is 2.58. The summed E-state index contributed by atoms with van der Waals surface area (Å²) in [5.41, 5.74) is 0. The van der Waals surface area contributed by atoms with Crippen molar-refractivity contribution in [1.82, 2.24) is 0 Å². The molecule has 0 bridgehead atoms. The van der Waals surface area contributed by atoms with Crippen LogP contribution >= 0.6 is 46.4 Å². The van der Waals surface area contributed by atoms with Crippen LogP contribution in [0.1, 0.15) is 6.92 Å². The van der Waals surface area contributed by atoms with Gasteiger partial charge in [-0.1, -0.05) is 130 Å². The van der Waals surface area contributed by atoms with Crippen molar-refractivity contribution in [3.8, 4) is 0 Å². The maximum absolute atomic E-state index is 3.26. The Hall–Kier alpha value is -0.700. The van der Waals surface area contributed by atoms with Gasteiger partial charge in [-0.3, -0.25) is 0 Å². The molecule has 118 valence electrons. The fourth-order valence-corrected chi connectivity index (χ4v) is 4.48. The van der Waals surface area contributed by atoms with E-state index in [9.17, 15) is 0 Å². The number of hydrogen-bond acceptors (Lipinski definition) is 0. The molecule has 0 aromatic heterocycles. The molecule has 1 unspecified atom stereocenters. The molecule has 0 aliphatic rings. The summed E-state index contributed by atoms with van der Waals surface area (Å²) in [6, 6.07) is 32.3. The van der Waals surface area contributed by atoms with Gasteiger partial charge in [0.25, 0.3) is 0 Å². The first kappa shape index (κ1) is 18.6. The normalized spacial score (nSPS) is 11.5. The van der Waals surface area contributed by atoms with Gasteiger partial charge in [0.15, 0.2) is 0 Å². The maximum Gasteiger partial charge on any atom is 0.0634 e. The quantitative estimate of drug-likeness (QED) is 0.251. The van der Waals surface area contributed by atoms with Crippen LogP contribution in [0.2, 0.25) is 0 Å². The molecule has 3 heteroatoms. The lowest BCUT2D eigenvalue weighted by Crippen LogP contribution is -2.20. The largest absolute Gasteiger partial charge is 0.0778 e. The Balaban J connectivity index is 0.000000433. The van der Waals surface area contributed by atoms with Crippen molar-refractivity contribution in [3.63, 3.8) is 0 Å². The first-order chi connectivity index (χ1) is 11.2. The Morgan fingerprint density at radius 2 is 0.870 bits per heavy atom. The fraction of sp³-hybridized carbons (Fsp3) is 0.100. The van der Waals surface area contributed by atoms with Crippen LogP contribution in [-0.4, -0.2) is 2.83 Å². The van der Waals surface area contributed by atoms with Gasteiger partial charge in [-0.2, -0.15) is 0 Å². The van der Waals surface area contributed by atoms with E-state index in [1.165, 1.54) is 15.9 Å². The Morgan fingerprint density at radius 3 is 1.09 bits per heavy atom. The third kappa shape index (κ3) is 6.37. The molecular formula is C20H19BrIP. The summed E-state index contributed by atoms with van der Waals surface area (Å²) in [6.45, 7) is 2.07. The van der Waals surface area contributed by atoms with Crippen LogP contribution in [-0.2, 0) is 0 Å². The minimum absolute atomic E-state index is 0.446. The average molecular weight is 497 g/mol. The van der Waals surface area contributed by atoms with E-state index in [2.05, 4.69) is 136 Å². The van der Waals surface area contributed by atoms with E-state index in [1.807, 2.05) is 0 Å². The van der Waals surface area contributed by atoms with Gasteiger partial charge < -0.3 is 0 Å². The third-order valence-corrected chi connectivity index (χ3v) is 5.49. The predicted octanol–water partition coefficient (Wildman–Crippen LogP) is 5.61. The monoisotopic (exact) mass is 496 g/mol. The molecule has 3 aromatic carbocycles. The second-order valence-corrected chi connectivity index (χ2v) is 12.0. The van der Waals surface area contributed by atoms with Gasteiger partial charge in [-0.05, 0) is 30.8 Å². The van der Waals surface area contributed by atoms with Gasteiger partial charge in [0, 0.05) is 0 Å². The lowest BCUT2D eigenvalue weighted by atomic mass is 10.4. The van der Waals surface area contributed by atoms with E-state index in [-0.39, 0.29) is 0 Å². The molecule has 0 amide bonds. The third-order valence-electron chi connectivity index (χ3n) is 3.04. The van der Waals surface area contributed by atoms with Crippen LogP contribution < -0.4 is 15.9 Å². The van der Waals surface area contributed by atoms with Crippen LogP contribution in [0.15, 0.2) is 91.0 Å². The summed E-state index contributed by atoms with van der Waals surface area (Å²) in [6.07, 6.45) is 0. The first-order valence-corrected chi connectivity index (χ1v) is 10.9. The van der Waals surface area contributed by atoms with Gasteiger partial charge in [0.2, 0.25) is 0 Å². The molecule has 0 heterocycles. The van der Waals surface area contributed by atoms with E-state index in [0.29, 0.717) is 2.83 Å². The van der Waals surface area contributed by atoms with Gasteiger partial charge in [-0.25, -0.2) is 0 Å². The van der Waals surface area contributed by atoms with E-state index >= 15 is 0 Å². The summed E-state index contributed by atoms with van der Waals surface area (Å²) in [5.74, 6) is 0. The molecule has 0 saturated carbocycles. The van der Waals surface area contributed by atoms with Crippen molar-refractivity contribution in [2.45, 2.75) is 9.76 Å². The summed E-state index contributed by atoms with van der Waals surface area (Å²) in [5, 5.41) is 4.19. The zero-order valence-electron chi connectivity index (χ0n) is 12.9. The van der Waals surface area contributed by atoms with Crippen LogP contribution in [0.25, 0.3) is 0 Å². The van der Waals surface area contributed by atoms with E-state index in [4.69, 9.17) is 0 Å². The van der Waals surface area contributed by atoms with Crippen LogP contribution in [0, 0.1) is 0 Å². The van der Waals surface area contributed by atoms with Gasteiger partial charge in [0.1, 0.15) is 0 Å². The lowest BCUT2D eigenvalue weighted by molar-refractivity contribution is 1.51. The molecule has 3 rings (SSSR count). The first-order valence-electron chi connectivity index (χ1n) is 7.42. The van der Waals surface area contributed by atoms with Crippen molar-refractivity contribution in [2.75, 3.05) is 0 Å². The summed E-state index contributed by atoms with van der Waals surface area (Å²) < 4.78 is 0.616. The fourth-order valence-electron chi connectivity index (χ4n) is 2.18.